The third-order valence-corrected chi connectivity index (χ3v) is 6.31. The largest absolute Gasteiger partial charge is 0.491 e. The Balaban J connectivity index is 1.71. The van der Waals surface area contributed by atoms with Gasteiger partial charge in [0.2, 0.25) is 11.7 Å². The van der Waals surface area contributed by atoms with Gasteiger partial charge in [-0.2, -0.15) is 13.2 Å². The van der Waals surface area contributed by atoms with E-state index in [9.17, 15) is 27.6 Å². The van der Waals surface area contributed by atoms with Crippen molar-refractivity contribution in [2.75, 3.05) is 19.4 Å². The number of rotatable bonds is 5. The summed E-state index contributed by atoms with van der Waals surface area (Å²) >= 11 is 0. The topological polar surface area (TPSA) is 108 Å². The molecule has 12 heteroatoms. The molecule has 0 radical (unpaired) electrons. The van der Waals surface area contributed by atoms with E-state index in [1.165, 1.54) is 35.2 Å². The van der Waals surface area contributed by atoms with E-state index in [-0.39, 0.29) is 34.7 Å². The number of amides is 3. The lowest BCUT2D eigenvalue weighted by atomic mass is 9.92. The Morgan fingerprint density at radius 1 is 1.05 bits per heavy atom. The highest BCUT2D eigenvalue weighted by Gasteiger charge is 2.57. The molecule has 1 unspecified atom stereocenters. The summed E-state index contributed by atoms with van der Waals surface area (Å²) in [5.41, 5.74) is -0.669. The SMILES string of the molecule is CN(C)C(=O)Nc1nc2cc(C3(OC(=O)C(F)(F)F)c4ccccc4C(=O)N3Cc3ccccc3)ccc2[nH]1. The normalized spacial score (nSPS) is 16.7. The van der Waals surface area contributed by atoms with Crippen LogP contribution in [0.25, 0.3) is 11.0 Å². The van der Waals surface area contributed by atoms with Crippen molar-refractivity contribution >= 4 is 34.9 Å². The monoisotopic (exact) mass is 537 g/mol. The molecule has 4 aromatic rings. The smallest absolute Gasteiger partial charge is 0.423 e. The minimum Gasteiger partial charge on any atom is -0.423 e. The number of imidazole rings is 1. The molecule has 200 valence electrons. The van der Waals surface area contributed by atoms with E-state index in [1.54, 1.807) is 56.6 Å². The third-order valence-electron chi connectivity index (χ3n) is 6.31. The van der Waals surface area contributed by atoms with Gasteiger partial charge in [-0.25, -0.2) is 14.6 Å². The fraction of sp³-hybridized carbons (Fsp3) is 0.185. The van der Waals surface area contributed by atoms with Crippen LogP contribution in [0.5, 0.6) is 0 Å². The molecule has 39 heavy (non-hydrogen) atoms. The second-order valence-corrected chi connectivity index (χ2v) is 9.10. The number of ether oxygens (including phenoxy) is 1. The van der Waals surface area contributed by atoms with E-state index >= 15 is 0 Å². The van der Waals surface area contributed by atoms with E-state index in [1.807, 2.05) is 0 Å². The first-order valence-electron chi connectivity index (χ1n) is 11.7. The van der Waals surface area contributed by atoms with Crippen LogP contribution in [0.3, 0.4) is 0 Å². The second kappa shape index (κ2) is 9.46. The Bertz CT molecular complexity index is 1590. The van der Waals surface area contributed by atoms with Gasteiger partial charge in [-0.3, -0.25) is 15.0 Å². The quantitative estimate of drug-likeness (QED) is 0.362. The average Bonchev–Trinajstić information content (AvgIpc) is 3.41. The van der Waals surface area contributed by atoms with Crippen molar-refractivity contribution in [2.45, 2.75) is 18.4 Å². The molecular weight excluding hydrogens is 515 g/mol. The number of carbonyl (C=O) groups is 3. The van der Waals surface area contributed by atoms with Crippen LogP contribution in [0.2, 0.25) is 0 Å². The summed E-state index contributed by atoms with van der Waals surface area (Å²) in [7, 11) is 3.09. The van der Waals surface area contributed by atoms with Crippen molar-refractivity contribution in [3.63, 3.8) is 0 Å². The van der Waals surface area contributed by atoms with Crippen LogP contribution in [0.4, 0.5) is 23.9 Å². The summed E-state index contributed by atoms with van der Waals surface area (Å²) < 4.78 is 46.2. The van der Waals surface area contributed by atoms with Gasteiger partial charge in [-0.1, -0.05) is 54.6 Å². The maximum Gasteiger partial charge on any atom is 0.491 e. The van der Waals surface area contributed by atoms with Crippen molar-refractivity contribution in [3.8, 4) is 0 Å². The van der Waals surface area contributed by atoms with E-state index in [4.69, 9.17) is 4.74 Å². The zero-order valence-corrected chi connectivity index (χ0v) is 20.7. The number of aromatic nitrogens is 2. The summed E-state index contributed by atoms with van der Waals surface area (Å²) in [6, 6.07) is 18.7. The number of halogens is 3. The third kappa shape index (κ3) is 4.54. The molecule has 0 saturated carbocycles. The number of benzene rings is 3. The lowest BCUT2D eigenvalue weighted by molar-refractivity contribution is -0.222. The Hall–Kier alpha value is -4.87. The number of nitrogens with zero attached hydrogens (tertiary/aromatic N) is 3. The molecule has 3 aromatic carbocycles. The summed E-state index contributed by atoms with van der Waals surface area (Å²) in [6.45, 7) is -0.151. The van der Waals surface area contributed by atoms with Crippen LogP contribution in [-0.2, 0) is 21.8 Å². The van der Waals surface area contributed by atoms with Crippen molar-refractivity contribution in [2.24, 2.45) is 0 Å². The number of fused-ring (bicyclic) bond motifs is 2. The minimum atomic E-state index is -5.33. The summed E-state index contributed by atoms with van der Waals surface area (Å²) in [5, 5.41) is 2.57. The van der Waals surface area contributed by atoms with Gasteiger partial charge in [-0.15, -0.1) is 0 Å². The highest BCUT2D eigenvalue weighted by Crippen LogP contribution is 2.47. The van der Waals surface area contributed by atoms with Crippen molar-refractivity contribution < 1.29 is 32.3 Å². The number of hydrogen-bond acceptors (Lipinski definition) is 5. The lowest BCUT2D eigenvalue weighted by Gasteiger charge is -2.39. The fourth-order valence-corrected chi connectivity index (χ4v) is 4.51. The number of hydrogen-bond donors (Lipinski definition) is 2. The van der Waals surface area contributed by atoms with Gasteiger partial charge in [0.05, 0.1) is 17.6 Å². The second-order valence-electron chi connectivity index (χ2n) is 9.10. The Morgan fingerprint density at radius 3 is 2.44 bits per heavy atom. The first-order chi connectivity index (χ1) is 18.5. The molecule has 1 aliphatic heterocycles. The van der Waals surface area contributed by atoms with E-state index in [2.05, 4.69) is 15.3 Å². The molecule has 1 aliphatic rings. The standard InChI is InChI=1S/C27H22F3N5O4/c1-34(2)25(38)33-24-31-20-13-12-17(14-21(20)32-24)26(39-23(37)27(28,29)30)19-11-7-6-10-18(19)22(36)35(26)15-16-8-4-3-5-9-16/h3-14H,15H2,1-2H3,(H2,31,32,33,38). The van der Waals surface area contributed by atoms with Crippen LogP contribution < -0.4 is 5.32 Å². The number of urea groups is 1. The molecule has 3 amide bonds. The van der Waals surface area contributed by atoms with Crippen LogP contribution in [-0.4, -0.2) is 57.9 Å². The molecule has 1 atom stereocenters. The van der Waals surface area contributed by atoms with Gasteiger partial charge < -0.3 is 14.6 Å². The fourth-order valence-electron chi connectivity index (χ4n) is 4.51. The summed E-state index contributed by atoms with van der Waals surface area (Å²) in [5.74, 6) is -2.96. The molecule has 1 aromatic heterocycles. The van der Waals surface area contributed by atoms with Crippen molar-refractivity contribution in [1.82, 2.24) is 19.8 Å². The number of carbonyl (C=O) groups excluding carboxylic acids is 3. The first kappa shape index (κ1) is 25.8. The van der Waals surface area contributed by atoms with E-state index < -0.39 is 29.8 Å². The Morgan fingerprint density at radius 2 is 1.74 bits per heavy atom. The average molecular weight is 537 g/mol. The van der Waals surface area contributed by atoms with Crippen molar-refractivity contribution in [3.05, 3.63) is 95.1 Å². The number of aromatic amines is 1. The summed E-state index contributed by atoms with van der Waals surface area (Å²) in [6.07, 6.45) is -5.33. The molecule has 2 heterocycles. The van der Waals surface area contributed by atoms with Gasteiger partial charge in [0.1, 0.15) is 0 Å². The van der Waals surface area contributed by atoms with Gasteiger partial charge in [0.15, 0.2) is 0 Å². The predicted molar refractivity (Wildman–Crippen MR) is 134 cm³/mol. The van der Waals surface area contributed by atoms with Crippen molar-refractivity contribution in [1.29, 1.82) is 0 Å². The highest BCUT2D eigenvalue weighted by molar-refractivity contribution is 6.01. The molecule has 0 spiro atoms. The van der Waals surface area contributed by atoms with Gasteiger partial charge in [-0.05, 0) is 23.8 Å². The lowest BCUT2D eigenvalue weighted by Crippen LogP contribution is -2.49. The van der Waals surface area contributed by atoms with Crippen LogP contribution in [0, 0.1) is 0 Å². The molecule has 9 nitrogen and oxygen atoms in total. The number of esters is 1. The molecule has 0 aliphatic carbocycles. The van der Waals surface area contributed by atoms with Gasteiger partial charge >= 0.3 is 18.2 Å². The number of anilines is 1. The molecule has 0 bridgehead atoms. The maximum absolute atomic E-state index is 13.7. The van der Waals surface area contributed by atoms with Gasteiger partial charge in [0, 0.05) is 30.8 Å². The summed E-state index contributed by atoms with van der Waals surface area (Å²) in [4.78, 5) is 47.8. The van der Waals surface area contributed by atoms with E-state index in [0.29, 0.717) is 11.1 Å². The first-order valence-corrected chi connectivity index (χ1v) is 11.7. The highest BCUT2D eigenvalue weighted by atomic mass is 19.4. The molecule has 0 saturated heterocycles. The molecule has 0 fully saturated rings. The van der Waals surface area contributed by atoms with Crippen LogP contribution in [0.15, 0.2) is 72.8 Å². The molecule has 2 N–H and O–H groups in total. The Kier molecular flexibility index (Phi) is 6.25. The number of H-pyrrole nitrogens is 1. The zero-order valence-electron chi connectivity index (χ0n) is 20.7. The Labute approximate surface area is 220 Å². The van der Waals surface area contributed by atoms with Crippen LogP contribution >= 0.6 is 0 Å². The predicted octanol–water partition coefficient (Wildman–Crippen LogP) is 4.62. The zero-order chi connectivity index (χ0) is 27.9. The van der Waals surface area contributed by atoms with Crippen LogP contribution in [0.1, 0.15) is 27.0 Å². The minimum absolute atomic E-state index is 0.0683. The molecular formula is C27H22F3N5O4. The number of nitrogens with one attached hydrogen (secondary N) is 2. The maximum atomic E-state index is 13.7. The van der Waals surface area contributed by atoms with Gasteiger partial charge in [0.25, 0.3) is 5.91 Å². The number of alkyl halides is 3. The van der Waals surface area contributed by atoms with E-state index in [0.717, 1.165) is 4.90 Å². The molecule has 5 rings (SSSR count).